The molecule has 0 aliphatic carbocycles. The van der Waals surface area contributed by atoms with Crippen LogP contribution in [0.1, 0.15) is 0 Å². The lowest BCUT2D eigenvalue weighted by atomic mass is 10.1. The fourth-order valence-corrected chi connectivity index (χ4v) is 2.13. The Hall–Kier alpha value is -2.63. The summed E-state index contributed by atoms with van der Waals surface area (Å²) < 4.78 is 40.7. The molecule has 0 radical (unpaired) electrons. The molecule has 0 saturated heterocycles. The SMILES string of the molecule is CNc1nc(-c2c(F)cc(F)cc2F)nc2ccccc12. The van der Waals surface area contributed by atoms with Crippen LogP contribution in [0.3, 0.4) is 0 Å². The number of hydrogen-bond donors (Lipinski definition) is 1. The monoisotopic (exact) mass is 289 g/mol. The lowest BCUT2D eigenvalue weighted by Gasteiger charge is -2.09. The molecule has 0 saturated carbocycles. The molecular formula is C15H10F3N3. The number of rotatable bonds is 2. The summed E-state index contributed by atoms with van der Waals surface area (Å²) in [6.45, 7) is 0. The standard InChI is InChI=1S/C15H10F3N3/c1-19-14-9-4-2-3-5-12(9)20-15(21-14)13-10(17)6-8(16)7-11(13)18/h2-7H,1H3,(H,19,20,21). The van der Waals surface area contributed by atoms with E-state index in [9.17, 15) is 13.2 Å². The summed E-state index contributed by atoms with van der Waals surface area (Å²) in [5.41, 5.74) is 0.0913. The summed E-state index contributed by atoms with van der Waals surface area (Å²) >= 11 is 0. The summed E-state index contributed by atoms with van der Waals surface area (Å²) in [6.07, 6.45) is 0. The molecule has 0 aliphatic heterocycles. The van der Waals surface area contributed by atoms with Gasteiger partial charge in [-0.15, -0.1) is 0 Å². The Labute approximate surface area is 118 Å². The van der Waals surface area contributed by atoms with Gasteiger partial charge in [0.15, 0.2) is 5.82 Å². The highest BCUT2D eigenvalue weighted by atomic mass is 19.1. The summed E-state index contributed by atoms with van der Waals surface area (Å²) in [5, 5.41) is 3.59. The van der Waals surface area contributed by atoms with Crippen LogP contribution in [0.4, 0.5) is 19.0 Å². The van der Waals surface area contributed by atoms with Gasteiger partial charge in [-0.1, -0.05) is 12.1 Å². The van der Waals surface area contributed by atoms with E-state index < -0.39 is 23.0 Å². The first-order valence-electron chi connectivity index (χ1n) is 6.19. The van der Waals surface area contributed by atoms with Crippen molar-refractivity contribution in [2.75, 3.05) is 12.4 Å². The van der Waals surface area contributed by atoms with Crippen molar-refractivity contribution in [3.63, 3.8) is 0 Å². The number of nitrogens with zero attached hydrogens (tertiary/aromatic N) is 2. The number of hydrogen-bond acceptors (Lipinski definition) is 3. The van der Waals surface area contributed by atoms with Gasteiger partial charge in [-0.25, -0.2) is 23.1 Å². The van der Waals surface area contributed by atoms with Crippen LogP contribution in [0.5, 0.6) is 0 Å². The molecule has 1 aromatic heterocycles. The van der Waals surface area contributed by atoms with Crippen LogP contribution in [0.25, 0.3) is 22.3 Å². The van der Waals surface area contributed by atoms with Crippen molar-refractivity contribution < 1.29 is 13.2 Å². The molecule has 0 spiro atoms. The molecular weight excluding hydrogens is 279 g/mol. The minimum Gasteiger partial charge on any atom is -0.373 e. The second-order valence-corrected chi connectivity index (χ2v) is 4.41. The van der Waals surface area contributed by atoms with Crippen molar-refractivity contribution in [1.29, 1.82) is 0 Å². The Bertz CT molecular complexity index is 811. The Balaban J connectivity index is 2.31. The molecule has 0 fully saturated rings. The van der Waals surface area contributed by atoms with E-state index in [4.69, 9.17) is 0 Å². The maximum absolute atomic E-state index is 13.9. The number of halogens is 3. The molecule has 0 bridgehead atoms. The van der Waals surface area contributed by atoms with Crippen molar-refractivity contribution in [3.05, 3.63) is 53.8 Å². The number of fused-ring (bicyclic) bond motifs is 1. The second-order valence-electron chi connectivity index (χ2n) is 4.41. The fourth-order valence-electron chi connectivity index (χ4n) is 2.13. The second kappa shape index (κ2) is 5.05. The van der Waals surface area contributed by atoms with Crippen molar-refractivity contribution in [2.24, 2.45) is 0 Å². The first-order chi connectivity index (χ1) is 10.1. The van der Waals surface area contributed by atoms with Crippen molar-refractivity contribution in [2.45, 2.75) is 0 Å². The largest absolute Gasteiger partial charge is 0.373 e. The number of aromatic nitrogens is 2. The van der Waals surface area contributed by atoms with Crippen LogP contribution in [0, 0.1) is 17.5 Å². The van der Waals surface area contributed by atoms with Gasteiger partial charge in [0.05, 0.1) is 11.1 Å². The Morgan fingerprint density at radius 2 is 1.62 bits per heavy atom. The zero-order chi connectivity index (χ0) is 15.0. The molecule has 106 valence electrons. The number of nitrogens with one attached hydrogen (secondary N) is 1. The smallest absolute Gasteiger partial charge is 0.168 e. The van der Waals surface area contributed by atoms with Crippen molar-refractivity contribution in [1.82, 2.24) is 9.97 Å². The minimum atomic E-state index is -1.04. The fraction of sp³-hybridized carbons (Fsp3) is 0.0667. The van der Waals surface area contributed by atoms with Crippen LogP contribution in [0.2, 0.25) is 0 Å². The summed E-state index contributed by atoms with van der Waals surface area (Å²) in [7, 11) is 1.65. The molecule has 0 aliphatic rings. The first-order valence-corrected chi connectivity index (χ1v) is 6.19. The molecule has 21 heavy (non-hydrogen) atoms. The van der Waals surface area contributed by atoms with Gasteiger partial charge in [0, 0.05) is 24.6 Å². The first kappa shape index (κ1) is 13.4. The van der Waals surface area contributed by atoms with E-state index in [-0.39, 0.29) is 5.82 Å². The number of benzene rings is 2. The Kier molecular flexibility index (Phi) is 3.21. The highest BCUT2D eigenvalue weighted by molar-refractivity contribution is 5.90. The van der Waals surface area contributed by atoms with Gasteiger partial charge in [-0.3, -0.25) is 0 Å². The zero-order valence-corrected chi connectivity index (χ0v) is 11.0. The van der Waals surface area contributed by atoms with E-state index in [0.717, 1.165) is 5.39 Å². The van der Waals surface area contributed by atoms with Gasteiger partial charge in [0.2, 0.25) is 0 Å². The molecule has 0 unspecified atom stereocenters. The van der Waals surface area contributed by atoms with E-state index in [2.05, 4.69) is 15.3 Å². The number of anilines is 1. The quantitative estimate of drug-likeness (QED) is 0.780. The predicted molar refractivity (Wildman–Crippen MR) is 74.4 cm³/mol. The van der Waals surface area contributed by atoms with Crippen molar-refractivity contribution in [3.8, 4) is 11.4 Å². The summed E-state index contributed by atoms with van der Waals surface area (Å²) in [4.78, 5) is 8.27. The van der Waals surface area contributed by atoms with Gasteiger partial charge in [0.25, 0.3) is 0 Å². The van der Waals surface area contributed by atoms with E-state index in [1.165, 1.54) is 0 Å². The highest BCUT2D eigenvalue weighted by Gasteiger charge is 2.18. The minimum absolute atomic E-state index is 0.131. The molecule has 6 heteroatoms. The zero-order valence-electron chi connectivity index (χ0n) is 11.0. The molecule has 1 N–H and O–H groups in total. The average molecular weight is 289 g/mol. The summed E-state index contributed by atoms with van der Waals surface area (Å²) in [6, 6.07) is 8.29. The normalized spacial score (nSPS) is 10.9. The van der Waals surface area contributed by atoms with Crippen LogP contribution in [-0.4, -0.2) is 17.0 Å². The van der Waals surface area contributed by atoms with E-state index in [0.29, 0.717) is 23.5 Å². The van der Waals surface area contributed by atoms with Crippen molar-refractivity contribution >= 4 is 16.7 Å². The molecule has 3 nitrogen and oxygen atoms in total. The third-order valence-corrected chi connectivity index (χ3v) is 3.07. The van der Waals surface area contributed by atoms with Crippen LogP contribution in [-0.2, 0) is 0 Å². The third kappa shape index (κ3) is 2.29. The van der Waals surface area contributed by atoms with Gasteiger partial charge >= 0.3 is 0 Å². The van der Waals surface area contributed by atoms with Crippen LogP contribution < -0.4 is 5.32 Å². The lowest BCUT2D eigenvalue weighted by Crippen LogP contribution is -2.02. The van der Waals surface area contributed by atoms with Gasteiger partial charge in [0.1, 0.15) is 23.3 Å². The van der Waals surface area contributed by atoms with Gasteiger partial charge in [-0.05, 0) is 12.1 Å². The summed E-state index contributed by atoms with van der Waals surface area (Å²) in [5.74, 6) is -2.75. The van der Waals surface area contributed by atoms with E-state index >= 15 is 0 Å². The highest BCUT2D eigenvalue weighted by Crippen LogP contribution is 2.28. The molecule has 2 aromatic carbocycles. The molecule has 3 rings (SSSR count). The maximum atomic E-state index is 13.9. The van der Waals surface area contributed by atoms with E-state index in [1.807, 2.05) is 6.07 Å². The Morgan fingerprint density at radius 3 is 2.29 bits per heavy atom. The maximum Gasteiger partial charge on any atom is 0.168 e. The lowest BCUT2D eigenvalue weighted by molar-refractivity contribution is 0.547. The topological polar surface area (TPSA) is 37.8 Å². The van der Waals surface area contributed by atoms with Crippen LogP contribution >= 0.6 is 0 Å². The number of para-hydroxylation sites is 1. The molecule has 3 aromatic rings. The Morgan fingerprint density at radius 1 is 0.952 bits per heavy atom. The molecule has 1 heterocycles. The third-order valence-electron chi connectivity index (χ3n) is 3.07. The van der Waals surface area contributed by atoms with Gasteiger partial charge in [-0.2, -0.15) is 0 Å². The van der Waals surface area contributed by atoms with Crippen LogP contribution in [0.15, 0.2) is 36.4 Å². The van der Waals surface area contributed by atoms with E-state index in [1.54, 1.807) is 25.2 Å². The molecule has 0 atom stereocenters. The predicted octanol–water partition coefficient (Wildman–Crippen LogP) is 3.76. The van der Waals surface area contributed by atoms with Gasteiger partial charge < -0.3 is 5.32 Å². The molecule has 0 amide bonds. The average Bonchev–Trinajstić information content (AvgIpc) is 2.45.